The summed E-state index contributed by atoms with van der Waals surface area (Å²) in [5.41, 5.74) is 3.10. The highest BCUT2D eigenvalue weighted by Crippen LogP contribution is 2.17. The normalized spacial score (nSPS) is 11.8. The lowest BCUT2D eigenvalue weighted by Gasteiger charge is -2.13. The lowest BCUT2D eigenvalue weighted by atomic mass is 10.1. The highest BCUT2D eigenvalue weighted by Gasteiger charge is 2.10. The van der Waals surface area contributed by atoms with Crippen molar-refractivity contribution >= 4 is 5.91 Å². The molecule has 0 aliphatic heterocycles. The number of hydrogen-bond acceptors (Lipinski definition) is 3. The Morgan fingerprint density at radius 1 is 1.22 bits per heavy atom. The van der Waals surface area contributed by atoms with E-state index in [1.807, 2.05) is 25.1 Å². The van der Waals surface area contributed by atoms with Crippen LogP contribution in [0.5, 0.6) is 5.75 Å². The molecule has 0 aromatic heterocycles. The largest absolute Gasteiger partial charge is 0.497 e. The van der Waals surface area contributed by atoms with Crippen LogP contribution in [0.2, 0.25) is 0 Å². The molecule has 23 heavy (non-hydrogen) atoms. The molecule has 122 valence electrons. The van der Waals surface area contributed by atoms with Gasteiger partial charge in [-0.3, -0.25) is 4.79 Å². The summed E-state index contributed by atoms with van der Waals surface area (Å²) in [5, 5.41) is 12.9. The summed E-state index contributed by atoms with van der Waals surface area (Å²) in [6.45, 7) is 2.24. The third-order valence-electron chi connectivity index (χ3n) is 3.72. The Morgan fingerprint density at radius 2 is 1.96 bits per heavy atom. The Hall–Kier alpha value is -2.33. The van der Waals surface area contributed by atoms with Gasteiger partial charge in [0.15, 0.2) is 0 Å². The number of carbonyl (C=O) groups excluding carboxylic acids is 1. The van der Waals surface area contributed by atoms with Gasteiger partial charge in [0.2, 0.25) is 5.91 Å². The first-order valence-corrected chi connectivity index (χ1v) is 7.73. The molecule has 0 bridgehead atoms. The zero-order valence-electron chi connectivity index (χ0n) is 13.6. The third kappa shape index (κ3) is 5.42. The summed E-state index contributed by atoms with van der Waals surface area (Å²) in [7, 11) is 1.60. The molecule has 1 unspecified atom stereocenters. The monoisotopic (exact) mass is 313 g/mol. The lowest BCUT2D eigenvalue weighted by molar-refractivity contribution is -0.121. The number of rotatable bonds is 7. The van der Waals surface area contributed by atoms with Gasteiger partial charge in [0.05, 0.1) is 13.2 Å². The number of carbonyl (C=O) groups is 1. The minimum absolute atomic E-state index is 0.0564. The van der Waals surface area contributed by atoms with Gasteiger partial charge < -0.3 is 15.2 Å². The number of aliphatic hydroxyl groups excluding tert-OH is 1. The Bertz CT molecular complexity index is 637. The molecule has 2 aromatic carbocycles. The minimum atomic E-state index is -0.719. The van der Waals surface area contributed by atoms with Crippen LogP contribution in [-0.2, 0) is 11.2 Å². The molecule has 0 radical (unpaired) electrons. The molecule has 0 fully saturated rings. The lowest BCUT2D eigenvalue weighted by Crippen LogP contribution is -2.28. The number of aryl methyl sites for hydroxylation is 2. The second kappa shape index (κ2) is 8.34. The molecule has 0 aliphatic carbocycles. The van der Waals surface area contributed by atoms with Gasteiger partial charge in [-0.2, -0.15) is 0 Å². The Kier molecular flexibility index (Phi) is 6.18. The van der Waals surface area contributed by atoms with E-state index in [1.54, 1.807) is 31.4 Å². The van der Waals surface area contributed by atoms with E-state index < -0.39 is 6.10 Å². The van der Waals surface area contributed by atoms with Gasteiger partial charge in [0.25, 0.3) is 0 Å². The molecule has 0 saturated carbocycles. The standard InChI is InChI=1S/C19H23NO3/c1-14-4-3-5-15(12-14)6-11-19(22)20-13-18(21)16-7-9-17(23-2)10-8-16/h3-5,7-10,12,18,21H,6,11,13H2,1-2H3,(H,20,22). The maximum atomic E-state index is 11.9. The molecule has 4 heteroatoms. The molecule has 0 saturated heterocycles. The van der Waals surface area contributed by atoms with E-state index in [0.717, 1.165) is 16.9 Å². The molecule has 1 amide bonds. The summed E-state index contributed by atoms with van der Waals surface area (Å²) in [4.78, 5) is 11.9. The minimum Gasteiger partial charge on any atom is -0.497 e. The highest BCUT2D eigenvalue weighted by atomic mass is 16.5. The van der Waals surface area contributed by atoms with Crippen molar-refractivity contribution in [2.24, 2.45) is 0 Å². The quantitative estimate of drug-likeness (QED) is 0.826. The van der Waals surface area contributed by atoms with E-state index in [0.29, 0.717) is 12.8 Å². The predicted octanol–water partition coefficient (Wildman–Crippen LogP) is 2.79. The van der Waals surface area contributed by atoms with Crippen LogP contribution in [0.1, 0.15) is 29.2 Å². The first-order valence-electron chi connectivity index (χ1n) is 7.73. The average Bonchev–Trinajstić information content (AvgIpc) is 2.58. The predicted molar refractivity (Wildman–Crippen MR) is 90.5 cm³/mol. The fourth-order valence-corrected chi connectivity index (χ4v) is 2.37. The molecule has 1 atom stereocenters. The van der Waals surface area contributed by atoms with Gasteiger partial charge >= 0.3 is 0 Å². The average molecular weight is 313 g/mol. The van der Waals surface area contributed by atoms with E-state index in [-0.39, 0.29) is 12.5 Å². The van der Waals surface area contributed by atoms with Crippen LogP contribution in [0.25, 0.3) is 0 Å². The van der Waals surface area contributed by atoms with Crippen LogP contribution in [0.15, 0.2) is 48.5 Å². The van der Waals surface area contributed by atoms with Crippen molar-refractivity contribution in [1.29, 1.82) is 0 Å². The molecule has 0 aliphatic rings. The Morgan fingerprint density at radius 3 is 2.61 bits per heavy atom. The zero-order chi connectivity index (χ0) is 16.7. The van der Waals surface area contributed by atoms with Gasteiger partial charge in [-0.05, 0) is 36.6 Å². The molecule has 4 nitrogen and oxygen atoms in total. The number of methoxy groups -OCH3 is 1. The van der Waals surface area contributed by atoms with Crippen molar-refractivity contribution in [1.82, 2.24) is 5.32 Å². The Balaban J connectivity index is 1.76. The van der Waals surface area contributed by atoms with Crippen molar-refractivity contribution in [2.75, 3.05) is 13.7 Å². The van der Waals surface area contributed by atoms with E-state index in [2.05, 4.69) is 11.4 Å². The second-order valence-electron chi connectivity index (χ2n) is 5.58. The summed E-state index contributed by atoms with van der Waals surface area (Å²) >= 11 is 0. The van der Waals surface area contributed by atoms with Crippen LogP contribution >= 0.6 is 0 Å². The number of hydrogen-bond donors (Lipinski definition) is 2. The summed E-state index contributed by atoms with van der Waals surface area (Å²) in [6.07, 6.45) is 0.397. The number of nitrogens with one attached hydrogen (secondary N) is 1. The van der Waals surface area contributed by atoms with E-state index in [4.69, 9.17) is 4.74 Å². The van der Waals surface area contributed by atoms with Crippen LogP contribution in [0.3, 0.4) is 0 Å². The summed E-state index contributed by atoms with van der Waals surface area (Å²) in [5.74, 6) is 0.683. The van der Waals surface area contributed by atoms with Gasteiger partial charge in [-0.15, -0.1) is 0 Å². The number of aliphatic hydroxyl groups is 1. The van der Waals surface area contributed by atoms with Crippen molar-refractivity contribution in [3.8, 4) is 5.75 Å². The van der Waals surface area contributed by atoms with Gasteiger partial charge in [0, 0.05) is 13.0 Å². The van der Waals surface area contributed by atoms with Gasteiger partial charge in [-0.1, -0.05) is 42.0 Å². The SMILES string of the molecule is COc1ccc(C(O)CNC(=O)CCc2cccc(C)c2)cc1. The number of ether oxygens (including phenoxy) is 1. The zero-order valence-corrected chi connectivity index (χ0v) is 13.6. The number of benzene rings is 2. The molecular formula is C19H23NO3. The van der Waals surface area contributed by atoms with Crippen molar-refractivity contribution in [3.05, 3.63) is 65.2 Å². The van der Waals surface area contributed by atoms with Gasteiger partial charge in [-0.25, -0.2) is 0 Å². The van der Waals surface area contributed by atoms with Crippen molar-refractivity contribution in [2.45, 2.75) is 25.9 Å². The maximum Gasteiger partial charge on any atom is 0.220 e. The highest BCUT2D eigenvalue weighted by molar-refractivity contribution is 5.76. The topological polar surface area (TPSA) is 58.6 Å². The fraction of sp³-hybridized carbons (Fsp3) is 0.316. The molecular weight excluding hydrogens is 290 g/mol. The molecule has 0 heterocycles. The number of amides is 1. The first kappa shape index (κ1) is 17.0. The van der Waals surface area contributed by atoms with Crippen LogP contribution in [0.4, 0.5) is 0 Å². The summed E-state index contributed by atoms with van der Waals surface area (Å²) in [6, 6.07) is 15.3. The summed E-state index contributed by atoms with van der Waals surface area (Å²) < 4.78 is 5.08. The molecule has 2 aromatic rings. The van der Waals surface area contributed by atoms with Gasteiger partial charge in [0.1, 0.15) is 5.75 Å². The van der Waals surface area contributed by atoms with E-state index in [9.17, 15) is 9.90 Å². The van der Waals surface area contributed by atoms with Crippen LogP contribution in [0, 0.1) is 6.92 Å². The van der Waals surface area contributed by atoms with E-state index >= 15 is 0 Å². The smallest absolute Gasteiger partial charge is 0.220 e. The van der Waals surface area contributed by atoms with E-state index in [1.165, 1.54) is 5.56 Å². The second-order valence-corrected chi connectivity index (χ2v) is 5.58. The van der Waals surface area contributed by atoms with Crippen molar-refractivity contribution < 1.29 is 14.6 Å². The fourth-order valence-electron chi connectivity index (χ4n) is 2.37. The molecule has 2 N–H and O–H groups in total. The Labute approximate surface area is 137 Å². The molecule has 0 spiro atoms. The maximum absolute atomic E-state index is 11.9. The first-order chi connectivity index (χ1) is 11.1. The van der Waals surface area contributed by atoms with Crippen LogP contribution in [-0.4, -0.2) is 24.7 Å². The van der Waals surface area contributed by atoms with Crippen molar-refractivity contribution in [3.63, 3.8) is 0 Å². The third-order valence-corrected chi connectivity index (χ3v) is 3.72. The van der Waals surface area contributed by atoms with Crippen LogP contribution < -0.4 is 10.1 Å². The molecule has 2 rings (SSSR count).